The molecule has 0 N–H and O–H groups in total. The van der Waals surface area contributed by atoms with E-state index in [0.717, 1.165) is 5.25 Å². The molecule has 0 saturated heterocycles. The minimum absolute atomic E-state index is 0.750. The molecule has 0 radical (unpaired) electrons. The summed E-state index contributed by atoms with van der Waals surface area (Å²) < 4.78 is 0. The van der Waals surface area contributed by atoms with Crippen LogP contribution in [0.2, 0.25) is 0 Å². The highest BCUT2D eigenvalue weighted by Gasteiger charge is 2.02. The minimum Gasteiger partial charge on any atom is -0.127 e. The summed E-state index contributed by atoms with van der Waals surface area (Å²) >= 11 is 1.92. The largest absolute Gasteiger partial charge is 0.127 e. The van der Waals surface area contributed by atoms with E-state index >= 15 is 0 Å². The average molecular weight is 140 g/mol. The van der Waals surface area contributed by atoms with Crippen LogP contribution in [0.3, 0.4) is 0 Å². The first-order chi connectivity index (χ1) is 4.43. The van der Waals surface area contributed by atoms with E-state index in [0.29, 0.717) is 0 Å². The van der Waals surface area contributed by atoms with Gasteiger partial charge < -0.3 is 0 Å². The van der Waals surface area contributed by atoms with Gasteiger partial charge in [-0.2, -0.15) is 0 Å². The SMILES string of the molecule is CCCC1C=CC=CS1. The predicted molar refractivity (Wildman–Crippen MR) is 44.6 cm³/mol. The maximum atomic E-state index is 2.27. The van der Waals surface area contributed by atoms with Crippen molar-refractivity contribution in [3.05, 3.63) is 23.6 Å². The molecule has 0 saturated carbocycles. The van der Waals surface area contributed by atoms with E-state index in [2.05, 4.69) is 30.6 Å². The molecule has 9 heavy (non-hydrogen) atoms. The summed E-state index contributed by atoms with van der Waals surface area (Å²) in [4.78, 5) is 0. The molecule has 1 atom stereocenters. The third-order valence-corrected chi connectivity index (χ3v) is 2.40. The first kappa shape index (κ1) is 6.94. The molecule has 0 fully saturated rings. The molecule has 0 amide bonds. The van der Waals surface area contributed by atoms with Gasteiger partial charge in [-0.25, -0.2) is 0 Å². The van der Waals surface area contributed by atoms with Crippen molar-refractivity contribution in [2.75, 3.05) is 0 Å². The van der Waals surface area contributed by atoms with Gasteiger partial charge in [0.25, 0.3) is 0 Å². The molecule has 1 rings (SSSR count). The Morgan fingerprint density at radius 2 is 2.33 bits per heavy atom. The first-order valence-corrected chi connectivity index (χ1v) is 4.36. The maximum Gasteiger partial charge on any atom is 0.0271 e. The Bertz CT molecular complexity index is 125. The lowest BCUT2D eigenvalue weighted by molar-refractivity contribution is 0.828. The fourth-order valence-corrected chi connectivity index (χ4v) is 1.81. The highest BCUT2D eigenvalue weighted by molar-refractivity contribution is 8.02. The van der Waals surface area contributed by atoms with Crippen LogP contribution in [0.4, 0.5) is 0 Å². The van der Waals surface area contributed by atoms with E-state index in [1.807, 2.05) is 11.8 Å². The van der Waals surface area contributed by atoms with Gasteiger partial charge in [-0.15, -0.1) is 11.8 Å². The van der Waals surface area contributed by atoms with Crippen molar-refractivity contribution in [2.45, 2.75) is 25.0 Å². The fourth-order valence-electron chi connectivity index (χ4n) is 0.874. The maximum absolute atomic E-state index is 2.27. The van der Waals surface area contributed by atoms with E-state index in [-0.39, 0.29) is 0 Å². The van der Waals surface area contributed by atoms with Crippen LogP contribution in [-0.4, -0.2) is 5.25 Å². The highest BCUT2D eigenvalue weighted by atomic mass is 32.2. The zero-order valence-corrected chi connectivity index (χ0v) is 6.53. The van der Waals surface area contributed by atoms with E-state index < -0.39 is 0 Å². The molecule has 0 aromatic carbocycles. The Labute approximate surface area is 61.0 Å². The number of allylic oxidation sites excluding steroid dienone is 2. The second-order valence-electron chi connectivity index (χ2n) is 2.18. The second-order valence-corrected chi connectivity index (χ2v) is 3.33. The molecule has 0 nitrogen and oxygen atoms in total. The van der Waals surface area contributed by atoms with Gasteiger partial charge in [0.1, 0.15) is 0 Å². The third kappa shape index (κ3) is 2.27. The van der Waals surface area contributed by atoms with Gasteiger partial charge in [0.05, 0.1) is 0 Å². The van der Waals surface area contributed by atoms with Gasteiger partial charge >= 0.3 is 0 Å². The summed E-state index contributed by atoms with van der Waals surface area (Å²) in [6.07, 6.45) is 9.10. The lowest BCUT2D eigenvalue weighted by Gasteiger charge is -2.09. The van der Waals surface area contributed by atoms with E-state index in [9.17, 15) is 0 Å². The topological polar surface area (TPSA) is 0 Å². The Balaban J connectivity index is 2.28. The van der Waals surface area contributed by atoms with Crippen LogP contribution in [-0.2, 0) is 0 Å². The van der Waals surface area contributed by atoms with Crippen LogP contribution in [0, 0.1) is 0 Å². The van der Waals surface area contributed by atoms with E-state index in [4.69, 9.17) is 0 Å². The van der Waals surface area contributed by atoms with Crippen LogP contribution < -0.4 is 0 Å². The molecule has 0 aromatic heterocycles. The molecule has 1 aliphatic heterocycles. The summed E-state index contributed by atoms with van der Waals surface area (Å²) in [5, 5.41) is 2.92. The Hall–Kier alpha value is -0.170. The number of hydrogen-bond donors (Lipinski definition) is 0. The summed E-state index contributed by atoms with van der Waals surface area (Å²) in [7, 11) is 0. The molecule has 1 heteroatoms. The summed E-state index contributed by atoms with van der Waals surface area (Å²) in [6, 6.07) is 0. The summed E-state index contributed by atoms with van der Waals surface area (Å²) in [5.74, 6) is 0. The van der Waals surface area contributed by atoms with Crippen molar-refractivity contribution < 1.29 is 0 Å². The second kappa shape index (κ2) is 3.78. The van der Waals surface area contributed by atoms with Crippen molar-refractivity contribution in [2.24, 2.45) is 0 Å². The summed E-state index contributed by atoms with van der Waals surface area (Å²) in [6.45, 7) is 2.23. The van der Waals surface area contributed by atoms with Gasteiger partial charge in [-0.1, -0.05) is 31.6 Å². The zero-order chi connectivity index (χ0) is 6.53. The predicted octanol–water partition coefficient (Wildman–Crippen LogP) is 2.97. The van der Waals surface area contributed by atoms with E-state index in [1.165, 1.54) is 12.8 Å². The molecule has 0 aliphatic carbocycles. The normalized spacial score (nSPS) is 24.8. The molecule has 0 spiro atoms. The third-order valence-electron chi connectivity index (χ3n) is 1.34. The van der Waals surface area contributed by atoms with Crippen LogP contribution in [0.25, 0.3) is 0 Å². The molecule has 1 unspecified atom stereocenters. The van der Waals surface area contributed by atoms with Crippen molar-refractivity contribution in [1.82, 2.24) is 0 Å². The van der Waals surface area contributed by atoms with Crippen LogP contribution in [0.15, 0.2) is 23.6 Å². The Morgan fingerprint density at radius 1 is 1.44 bits per heavy atom. The Kier molecular flexibility index (Phi) is 2.92. The minimum atomic E-state index is 0.750. The number of hydrogen-bond acceptors (Lipinski definition) is 1. The lowest BCUT2D eigenvalue weighted by Crippen LogP contribution is -1.96. The molecular formula is C8H12S. The highest BCUT2D eigenvalue weighted by Crippen LogP contribution is 2.21. The van der Waals surface area contributed by atoms with E-state index in [1.54, 1.807) is 0 Å². The standard InChI is InChI=1S/C8H12S/c1-2-5-8-6-3-4-7-9-8/h3-4,6-8H,2,5H2,1H3. The summed E-state index contributed by atoms with van der Waals surface area (Å²) in [5.41, 5.74) is 0. The lowest BCUT2D eigenvalue weighted by atomic mass is 10.2. The van der Waals surface area contributed by atoms with Crippen molar-refractivity contribution >= 4 is 11.8 Å². The number of thioether (sulfide) groups is 1. The van der Waals surface area contributed by atoms with Gasteiger partial charge in [-0.05, 0) is 11.8 Å². The molecule has 0 bridgehead atoms. The average Bonchev–Trinajstić information content (AvgIpc) is 1.91. The molecule has 50 valence electrons. The van der Waals surface area contributed by atoms with Gasteiger partial charge in [-0.3, -0.25) is 0 Å². The Morgan fingerprint density at radius 3 is 2.89 bits per heavy atom. The van der Waals surface area contributed by atoms with Crippen molar-refractivity contribution in [3.63, 3.8) is 0 Å². The van der Waals surface area contributed by atoms with Crippen LogP contribution >= 0.6 is 11.8 Å². The molecular weight excluding hydrogens is 128 g/mol. The van der Waals surface area contributed by atoms with Crippen LogP contribution in [0.1, 0.15) is 19.8 Å². The molecule has 0 aromatic rings. The monoisotopic (exact) mass is 140 g/mol. The van der Waals surface area contributed by atoms with Gasteiger partial charge in [0, 0.05) is 5.25 Å². The fraction of sp³-hybridized carbons (Fsp3) is 0.500. The van der Waals surface area contributed by atoms with Crippen molar-refractivity contribution in [3.8, 4) is 0 Å². The van der Waals surface area contributed by atoms with Gasteiger partial charge in [0.2, 0.25) is 0 Å². The molecule has 1 aliphatic rings. The molecule has 1 heterocycles. The zero-order valence-electron chi connectivity index (χ0n) is 5.71. The number of rotatable bonds is 2. The van der Waals surface area contributed by atoms with Crippen molar-refractivity contribution in [1.29, 1.82) is 0 Å². The van der Waals surface area contributed by atoms with Crippen LogP contribution in [0.5, 0.6) is 0 Å². The first-order valence-electron chi connectivity index (χ1n) is 3.42. The smallest absolute Gasteiger partial charge is 0.0271 e. The quantitative estimate of drug-likeness (QED) is 0.568. The van der Waals surface area contributed by atoms with Gasteiger partial charge in [0.15, 0.2) is 0 Å².